The second-order valence-corrected chi connectivity index (χ2v) is 6.88. The fourth-order valence-corrected chi connectivity index (χ4v) is 3.88. The van der Waals surface area contributed by atoms with Crippen molar-refractivity contribution in [1.82, 2.24) is 14.6 Å². The first-order valence-electron chi connectivity index (χ1n) is 9.31. The lowest BCUT2D eigenvalue weighted by Crippen LogP contribution is -2.19. The number of amides is 1. The van der Waals surface area contributed by atoms with Crippen molar-refractivity contribution in [3.63, 3.8) is 0 Å². The van der Waals surface area contributed by atoms with Crippen LogP contribution in [0.3, 0.4) is 0 Å². The van der Waals surface area contributed by atoms with E-state index in [0.29, 0.717) is 0 Å². The van der Waals surface area contributed by atoms with Gasteiger partial charge in [0.1, 0.15) is 18.0 Å². The highest BCUT2D eigenvalue weighted by atomic mass is 16.5. The Morgan fingerprint density at radius 3 is 2.37 bits per heavy atom. The normalized spacial score (nSPS) is 12.4. The Bertz CT molecular complexity index is 1250. The number of hydrogen-bond acceptors (Lipinski definition) is 5. The first kappa shape index (κ1) is 17.9. The van der Waals surface area contributed by atoms with E-state index in [0.717, 1.165) is 22.3 Å². The number of benzene rings is 2. The summed E-state index contributed by atoms with van der Waals surface area (Å²) in [5, 5.41) is 15.8. The Kier molecular flexibility index (Phi) is 4.17. The lowest BCUT2D eigenvalue weighted by Gasteiger charge is -2.14. The van der Waals surface area contributed by atoms with Crippen LogP contribution in [0.1, 0.15) is 27.4 Å². The third kappa shape index (κ3) is 2.86. The van der Waals surface area contributed by atoms with Crippen molar-refractivity contribution in [2.45, 2.75) is 5.92 Å². The van der Waals surface area contributed by atoms with E-state index in [2.05, 4.69) is 27.5 Å². The van der Waals surface area contributed by atoms with Crippen LogP contribution in [0.5, 0.6) is 0 Å². The predicted octanol–water partition coefficient (Wildman–Crippen LogP) is 3.79. The van der Waals surface area contributed by atoms with Gasteiger partial charge in [-0.25, -0.2) is 14.6 Å². The molecule has 2 heterocycles. The fourth-order valence-electron chi connectivity index (χ4n) is 3.88. The lowest BCUT2D eigenvalue weighted by atomic mass is 9.98. The van der Waals surface area contributed by atoms with Gasteiger partial charge < -0.3 is 9.84 Å². The lowest BCUT2D eigenvalue weighted by molar-refractivity contribution is 0.0698. The maximum atomic E-state index is 12.5. The van der Waals surface area contributed by atoms with Gasteiger partial charge in [0.2, 0.25) is 0 Å². The standard InChI is InChI=1S/C22H16N4O4/c27-21(28)17-11-24-26-19(9-10-23-20(17)26)25-22(29)30-12-18-15-7-3-1-5-13(15)14-6-2-4-8-16(14)18/h1-11,18H,12H2,(H,25,29)(H,27,28). The van der Waals surface area contributed by atoms with Crippen molar-refractivity contribution < 1.29 is 19.4 Å². The molecule has 0 spiro atoms. The van der Waals surface area contributed by atoms with Crippen LogP contribution in [-0.2, 0) is 4.74 Å². The second kappa shape index (κ2) is 7.00. The van der Waals surface area contributed by atoms with Crippen LogP contribution in [0.15, 0.2) is 67.0 Å². The summed E-state index contributed by atoms with van der Waals surface area (Å²) >= 11 is 0. The Labute approximate surface area is 170 Å². The molecule has 0 atom stereocenters. The number of carbonyl (C=O) groups is 2. The van der Waals surface area contributed by atoms with Crippen molar-refractivity contribution in [1.29, 1.82) is 0 Å². The summed E-state index contributed by atoms with van der Waals surface area (Å²) < 4.78 is 6.77. The number of aromatic nitrogens is 3. The van der Waals surface area contributed by atoms with Crippen LogP contribution in [0.25, 0.3) is 16.8 Å². The molecule has 5 rings (SSSR count). The number of carboxylic acid groups (broad SMARTS) is 1. The highest BCUT2D eigenvalue weighted by Gasteiger charge is 2.29. The van der Waals surface area contributed by atoms with Crippen molar-refractivity contribution >= 4 is 23.5 Å². The Balaban J connectivity index is 1.35. The number of rotatable bonds is 4. The molecule has 148 valence electrons. The molecule has 2 aromatic heterocycles. The molecule has 0 saturated carbocycles. The van der Waals surface area contributed by atoms with Crippen molar-refractivity contribution in [3.05, 3.63) is 83.7 Å². The number of nitrogens with zero attached hydrogens (tertiary/aromatic N) is 3. The molecule has 2 N–H and O–H groups in total. The minimum absolute atomic E-state index is 0.0498. The Morgan fingerprint density at radius 1 is 1.03 bits per heavy atom. The average Bonchev–Trinajstić information content (AvgIpc) is 3.33. The summed E-state index contributed by atoms with van der Waals surface area (Å²) in [5.74, 6) is -0.926. The molecule has 1 aliphatic carbocycles. The molecule has 4 aromatic rings. The Morgan fingerprint density at radius 2 is 1.70 bits per heavy atom. The van der Waals surface area contributed by atoms with Crippen LogP contribution in [-0.4, -0.2) is 38.4 Å². The zero-order valence-electron chi connectivity index (χ0n) is 15.6. The van der Waals surface area contributed by atoms with E-state index in [1.54, 1.807) is 0 Å². The number of hydrogen-bond donors (Lipinski definition) is 2. The highest BCUT2D eigenvalue weighted by molar-refractivity contribution is 5.94. The largest absolute Gasteiger partial charge is 0.477 e. The maximum absolute atomic E-state index is 12.5. The summed E-state index contributed by atoms with van der Waals surface area (Å²) in [7, 11) is 0. The SMILES string of the molecule is O=C(Nc1ccnc2c(C(=O)O)cnn12)OCC1c2ccccc2-c2ccccc21. The topological polar surface area (TPSA) is 106 Å². The second-order valence-electron chi connectivity index (χ2n) is 6.88. The van der Waals surface area contributed by atoms with Crippen molar-refractivity contribution in [3.8, 4) is 11.1 Å². The minimum atomic E-state index is -1.14. The molecule has 30 heavy (non-hydrogen) atoms. The summed E-state index contributed by atoms with van der Waals surface area (Å²) in [4.78, 5) is 27.7. The van der Waals surface area contributed by atoms with E-state index < -0.39 is 12.1 Å². The molecule has 0 aliphatic heterocycles. The molecule has 0 bridgehead atoms. The number of ether oxygens (including phenoxy) is 1. The van der Waals surface area contributed by atoms with Crippen LogP contribution in [0.4, 0.5) is 10.6 Å². The molecule has 8 heteroatoms. The first-order valence-corrected chi connectivity index (χ1v) is 9.31. The third-order valence-electron chi connectivity index (χ3n) is 5.21. The van der Waals surface area contributed by atoms with E-state index in [1.165, 1.54) is 23.0 Å². The molecule has 0 radical (unpaired) electrons. The first-order chi connectivity index (χ1) is 14.6. The molecule has 8 nitrogen and oxygen atoms in total. The van der Waals surface area contributed by atoms with Crippen LogP contribution >= 0.6 is 0 Å². The van der Waals surface area contributed by atoms with Gasteiger partial charge in [0.05, 0.1) is 6.20 Å². The van der Waals surface area contributed by atoms with Gasteiger partial charge in [-0.1, -0.05) is 48.5 Å². The monoisotopic (exact) mass is 400 g/mol. The fraction of sp³-hybridized carbons (Fsp3) is 0.0909. The van der Waals surface area contributed by atoms with Gasteiger partial charge in [-0.3, -0.25) is 5.32 Å². The molecule has 0 saturated heterocycles. The van der Waals surface area contributed by atoms with Gasteiger partial charge in [-0.2, -0.15) is 9.61 Å². The van der Waals surface area contributed by atoms with E-state index in [4.69, 9.17) is 4.74 Å². The number of nitrogens with one attached hydrogen (secondary N) is 1. The van der Waals surface area contributed by atoms with Gasteiger partial charge in [-0.15, -0.1) is 0 Å². The summed E-state index contributed by atoms with van der Waals surface area (Å²) in [6.07, 6.45) is 1.94. The van der Waals surface area contributed by atoms with E-state index in [1.807, 2.05) is 36.4 Å². The van der Waals surface area contributed by atoms with Crippen molar-refractivity contribution in [2.24, 2.45) is 0 Å². The van der Waals surface area contributed by atoms with Gasteiger partial charge in [0.25, 0.3) is 0 Å². The van der Waals surface area contributed by atoms with Gasteiger partial charge >= 0.3 is 12.1 Å². The molecule has 0 unspecified atom stereocenters. The van der Waals surface area contributed by atoms with Crippen LogP contribution in [0, 0.1) is 0 Å². The molecule has 2 aromatic carbocycles. The molecule has 0 fully saturated rings. The highest BCUT2D eigenvalue weighted by Crippen LogP contribution is 2.44. The number of fused-ring (bicyclic) bond motifs is 4. The molecule has 1 amide bonds. The summed E-state index contributed by atoms with van der Waals surface area (Å²) in [6, 6.07) is 17.7. The smallest absolute Gasteiger partial charge is 0.412 e. The summed E-state index contributed by atoms with van der Waals surface area (Å²) in [5.41, 5.74) is 4.63. The number of carboxylic acids is 1. The summed E-state index contributed by atoms with van der Waals surface area (Å²) in [6.45, 7) is 0.174. The van der Waals surface area contributed by atoms with Gasteiger partial charge in [0, 0.05) is 12.1 Å². The van der Waals surface area contributed by atoms with Gasteiger partial charge in [0.15, 0.2) is 5.65 Å². The molecular weight excluding hydrogens is 384 g/mol. The van der Waals surface area contributed by atoms with Crippen LogP contribution < -0.4 is 5.32 Å². The maximum Gasteiger partial charge on any atom is 0.412 e. The van der Waals surface area contributed by atoms with Crippen molar-refractivity contribution in [2.75, 3.05) is 11.9 Å². The van der Waals surface area contributed by atoms with Gasteiger partial charge in [-0.05, 0) is 28.3 Å². The quantitative estimate of drug-likeness (QED) is 0.540. The minimum Gasteiger partial charge on any atom is -0.477 e. The molecule has 1 aliphatic rings. The predicted molar refractivity (Wildman–Crippen MR) is 109 cm³/mol. The van der Waals surface area contributed by atoms with E-state index >= 15 is 0 Å². The zero-order valence-corrected chi connectivity index (χ0v) is 15.6. The number of anilines is 1. The van der Waals surface area contributed by atoms with Crippen LogP contribution in [0.2, 0.25) is 0 Å². The van der Waals surface area contributed by atoms with E-state index in [9.17, 15) is 14.7 Å². The zero-order chi connectivity index (χ0) is 20.7. The molecular formula is C22H16N4O4. The third-order valence-corrected chi connectivity index (χ3v) is 5.21. The number of carbonyl (C=O) groups excluding carboxylic acids is 1. The average molecular weight is 400 g/mol. The Hall–Kier alpha value is -4.20. The van der Waals surface area contributed by atoms with E-state index in [-0.39, 0.29) is 29.6 Å². The number of aromatic carboxylic acids is 1.